The normalized spacial score (nSPS) is 15.8. The van der Waals surface area contributed by atoms with E-state index in [1.165, 1.54) is 30.2 Å². The van der Waals surface area contributed by atoms with Crippen molar-refractivity contribution in [3.63, 3.8) is 0 Å². The number of para-hydroxylation sites is 1. The van der Waals surface area contributed by atoms with E-state index in [0.717, 1.165) is 23.8 Å². The number of aryl methyl sites for hydroxylation is 1. The van der Waals surface area contributed by atoms with Crippen LogP contribution in [0.3, 0.4) is 0 Å². The highest BCUT2D eigenvalue weighted by Gasteiger charge is 2.17. The second kappa shape index (κ2) is 4.36. The van der Waals surface area contributed by atoms with Crippen LogP contribution >= 0.6 is 0 Å². The summed E-state index contributed by atoms with van der Waals surface area (Å²) in [5.74, 6) is 1.92. The largest absolute Gasteiger partial charge is 0.370 e. The number of benzene rings is 1. The molecule has 1 aliphatic carbocycles. The molecule has 0 aliphatic heterocycles. The Morgan fingerprint density at radius 2 is 2.12 bits per heavy atom. The Hall–Kier alpha value is -1.57. The lowest BCUT2D eigenvalue weighted by atomic mass is 9.85. The number of rotatable bonds is 3. The second-order valence-electron chi connectivity index (χ2n) is 5.02. The smallest absolute Gasteiger partial charge is 0.129 e. The molecule has 0 unspecified atom stereocenters. The standard InChI is InChI=1S/C15H18N2/c1-11-9-13-7-2-3-8-14(13)17-15(11)16-10-12-5-4-6-12/h2-3,7-9,12H,4-6,10H2,1H3,(H,16,17). The molecule has 0 amide bonds. The van der Waals surface area contributed by atoms with Gasteiger partial charge in [-0.3, -0.25) is 0 Å². The van der Waals surface area contributed by atoms with Gasteiger partial charge < -0.3 is 5.32 Å². The highest BCUT2D eigenvalue weighted by molar-refractivity contribution is 5.81. The maximum absolute atomic E-state index is 4.69. The molecule has 17 heavy (non-hydrogen) atoms. The van der Waals surface area contributed by atoms with Crippen LogP contribution in [-0.2, 0) is 0 Å². The highest BCUT2D eigenvalue weighted by Crippen LogP contribution is 2.27. The van der Waals surface area contributed by atoms with E-state index in [2.05, 4.69) is 36.5 Å². The molecular formula is C15H18N2. The van der Waals surface area contributed by atoms with E-state index in [1.807, 2.05) is 6.07 Å². The van der Waals surface area contributed by atoms with Crippen molar-refractivity contribution in [2.24, 2.45) is 5.92 Å². The average Bonchev–Trinajstić information content (AvgIpc) is 2.27. The van der Waals surface area contributed by atoms with Crippen LogP contribution in [0.4, 0.5) is 5.82 Å². The van der Waals surface area contributed by atoms with Crippen LogP contribution in [0.1, 0.15) is 24.8 Å². The maximum atomic E-state index is 4.69. The summed E-state index contributed by atoms with van der Waals surface area (Å²) in [6.45, 7) is 3.20. The number of fused-ring (bicyclic) bond motifs is 1. The quantitative estimate of drug-likeness (QED) is 0.862. The predicted octanol–water partition coefficient (Wildman–Crippen LogP) is 3.76. The summed E-state index contributed by atoms with van der Waals surface area (Å²) in [5, 5.41) is 4.72. The number of nitrogens with one attached hydrogen (secondary N) is 1. The Morgan fingerprint density at radius 3 is 2.88 bits per heavy atom. The van der Waals surface area contributed by atoms with Gasteiger partial charge in [0.25, 0.3) is 0 Å². The minimum atomic E-state index is 0.864. The highest BCUT2D eigenvalue weighted by atomic mass is 15.0. The second-order valence-corrected chi connectivity index (χ2v) is 5.02. The van der Waals surface area contributed by atoms with Gasteiger partial charge in [-0.15, -0.1) is 0 Å². The van der Waals surface area contributed by atoms with Crippen molar-refractivity contribution in [3.05, 3.63) is 35.9 Å². The third kappa shape index (κ3) is 2.12. The molecule has 2 nitrogen and oxygen atoms in total. The molecule has 1 heterocycles. The van der Waals surface area contributed by atoms with E-state index >= 15 is 0 Å². The van der Waals surface area contributed by atoms with Crippen molar-refractivity contribution in [3.8, 4) is 0 Å². The van der Waals surface area contributed by atoms with E-state index in [1.54, 1.807) is 0 Å². The summed E-state index contributed by atoms with van der Waals surface area (Å²) in [4.78, 5) is 4.69. The number of hydrogen-bond acceptors (Lipinski definition) is 2. The lowest BCUT2D eigenvalue weighted by molar-refractivity contribution is 0.333. The van der Waals surface area contributed by atoms with Gasteiger partial charge in [-0.1, -0.05) is 24.6 Å². The van der Waals surface area contributed by atoms with Crippen molar-refractivity contribution in [2.45, 2.75) is 26.2 Å². The molecule has 3 rings (SSSR count). The first-order chi connectivity index (χ1) is 8.33. The summed E-state index contributed by atoms with van der Waals surface area (Å²) in [5.41, 5.74) is 2.32. The van der Waals surface area contributed by atoms with Crippen LogP contribution in [0.25, 0.3) is 10.9 Å². The molecular weight excluding hydrogens is 208 g/mol. The summed E-state index contributed by atoms with van der Waals surface area (Å²) in [6.07, 6.45) is 4.15. The fraction of sp³-hybridized carbons (Fsp3) is 0.400. The zero-order valence-electron chi connectivity index (χ0n) is 10.2. The fourth-order valence-corrected chi connectivity index (χ4v) is 2.34. The molecule has 0 radical (unpaired) electrons. The SMILES string of the molecule is Cc1cc2ccccc2nc1NCC1CCC1. The van der Waals surface area contributed by atoms with E-state index in [-0.39, 0.29) is 0 Å². The van der Waals surface area contributed by atoms with Gasteiger partial charge in [0.2, 0.25) is 0 Å². The molecule has 0 saturated heterocycles. The van der Waals surface area contributed by atoms with Crippen LogP contribution in [-0.4, -0.2) is 11.5 Å². The first kappa shape index (κ1) is 10.6. The zero-order chi connectivity index (χ0) is 11.7. The molecule has 1 aromatic heterocycles. The Labute approximate surface area is 102 Å². The Bertz CT molecular complexity index is 529. The topological polar surface area (TPSA) is 24.9 Å². The minimum absolute atomic E-state index is 0.864. The van der Waals surface area contributed by atoms with E-state index in [9.17, 15) is 0 Å². The predicted molar refractivity (Wildman–Crippen MR) is 72.3 cm³/mol. The van der Waals surface area contributed by atoms with Gasteiger partial charge in [0.1, 0.15) is 5.82 Å². The van der Waals surface area contributed by atoms with Crippen molar-refractivity contribution in [1.29, 1.82) is 0 Å². The molecule has 2 aromatic rings. The Balaban J connectivity index is 1.84. The van der Waals surface area contributed by atoms with E-state index < -0.39 is 0 Å². The summed E-state index contributed by atoms with van der Waals surface area (Å²) < 4.78 is 0. The van der Waals surface area contributed by atoms with Crippen molar-refractivity contribution < 1.29 is 0 Å². The molecule has 1 aromatic carbocycles. The van der Waals surface area contributed by atoms with Gasteiger partial charge >= 0.3 is 0 Å². The first-order valence-corrected chi connectivity index (χ1v) is 6.43. The summed E-state index contributed by atoms with van der Waals surface area (Å²) in [7, 11) is 0. The molecule has 0 spiro atoms. The van der Waals surface area contributed by atoms with Crippen LogP contribution < -0.4 is 5.32 Å². The third-order valence-electron chi connectivity index (χ3n) is 3.70. The van der Waals surface area contributed by atoms with Gasteiger partial charge in [-0.25, -0.2) is 4.98 Å². The summed E-state index contributed by atoms with van der Waals surface area (Å²) >= 11 is 0. The molecule has 2 heteroatoms. The Kier molecular flexibility index (Phi) is 2.71. The van der Waals surface area contributed by atoms with Crippen LogP contribution in [0.15, 0.2) is 30.3 Å². The van der Waals surface area contributed by atoms with E-state index in [0.29, 0.717) is 0 Å². The number of anilines is 1. The van der Waals surface area contributed by atoms with Crippen LogP contribution in [0, 0.1) is 12.8 Å². The van der Waals surface area contributed by atoms with Crippen molar-refractivity contribution in [2.75, 3.05) is 11.9 Å². The van der Waals surface area contributed by atoms with E-state index in [4.69, 9.17) is 4.98 Å². The molecule has 1 saturated carbocycles. The van der Waals surface area contributed by atoms with Gasteiger partial charge in [-0.2, -0.15) is 0 Å². The molecule has 88 valence electrons. The lowest BCUT2D eigenvalue weighted by Gasteiger charge is -2.26. The number of hydrogen-bond donors (Lipinski definition) is 1. The molecule has 0 bridgehead atoms. The van der Waals surface area contributed by atoms with Gasteiger partial charge in [-0.05, 0) is 43.4 Å². The van der Waals surface area contributed by atoms with Crippen LogP contribution in [0.5, 0.6) is 0 Å². The first-order valence-electron chi connectivity index (χ1n) is 6.43. The van der Waals surface area contributed by atoms with Gasteiger partial charge in [0.05, 0.1) is 5.52 Å². The van der Waals surface area contributed by atoms with Gasteiger partial charge in [0.15, 0.2) is 0 Å². The third-order valence-corrected chi connectivity index (χ3v) is 3.70. The minimum Gasteiger partial charge on any atom is -0.370 e. The lowest BCUT2D eigenvalue weighted by Crippen LogP contribution is -2.21. The average molecular weight is 226 g/mol. The van der Waals surface area contributed by atoms with Crippen LogP contribution in [0.2, 0.25) is 0 Å². The zero-order valence-corrected chi connectivity index (χ0v) is 10.2. The van der Waals surface area contributed by atoms with Crippen molar-refractivity contribution >= 4 is 16.7 Å². The summed E-state index contributed by atoms with van der Waals surface area (Å²) in [6, 6.07) is 10.5. The van der Waals surface area contributed by atoms with Crippen molar-refractivity contribution in [1.82, 2.24) is 4.98 Å². The molecule has 1 N–H and O–H groups in total. The number of aromatic nitrogens is 1. The number of nitrogens with zero attached hydrogens (tertiary/aromatic N) is 1. The number of pyridine rings is 1. The molecule has 1 aliphatic rings. The molecule has 0 atom stereocenters. The Morgan fingerprint density at radius 1 is 1.29 bits per heavy atom. The fourth-order valence-electron chi connectivity index (χ4n) is 2.34. The van der Waals surface area contributed by atoms with Gasteiger partial charge in [0, 0.05) is 11.9 Å². The maximum Gasteiger partial charge on any atom is 0.129 e. The molecule has 1 fully saturated rings. The monoisotopic (exact) mass is 226 g/mol.